The van der Waals surface area contributed by atoms with E-state index in [4.69, 9.17) is 14.2 Å². The summed E-state index contributed by atoms with van der Waals surface area (Å²) in [5.41, 5.74) is 2.09. The number of rotatable bonds is 10. The van der Waals surface area contributed by atoms with Crippen molar-refractivity contribution in [3.05, 3.63) is 102 Å². The highest BCUT2D eigenvalue weighted by Crippen LogP contribution is 2.33. The van der Waals surface area contributed by atoms with E-state index < -0.39 is 12.2 Å². The van der Waals surface area contributed by atoms with Crippen LogP contribution in [0.5, 0.6) is 5.75 Å². The maximum Gasteiger partial charge on any atom is 0.412 e. The molecule has 3 aromatic carbocycles. The Balaban J connectivity index is 1.16. The van der Waals surface area contributed by atoms with Crippen molar-refractivity contribution in [1.29, 1.82) is 0 Å². The molecule has 1 aliphatic heterocycles. The van der Waals surface area contributed by atoms with Gasteiger partial charge in [0.05, 0.1) is 32.5 Å². The number of carbonyl (C=O) groups excluding carboxylic acids is 1. The molecule has 0 saturated carbocycles. The first-order chi connectivity index (χ1) is 20.0. The van der Waals surface area contributed by atoms with Gasteiger partial charge in [0.25, 0.3) is 0 Å². The summed E-state index contributed by atoms with van der Waals surface area (Å²) in [7, 11) is 0. The lowest BCUT2D eigenvalue weighted by molar-refractivity contribution is -0.0199. The molecular formula is C32H33N3O6. The van der Waals surface area contributed by atoms with Crippen molar-refractivity contribution in [1.82, 2.24) is 9.88 Å². The van der Waals surface area contributed by atoms with Gasteiger partial charge >= 0.3 is 12.2 Å². The summed E-state index contributed by atoms with van der Waals surface area (Å²) < 4.78 is 17.5. The highest BCUT2D eigenvalue weighted by atomic mass is 16.5. The van der Waals surface area contributed by atoms with Gasteiger partial charge in [-0.1, -0.05) is 54.6 Å². The number of nitrogens with zero attached hydrogens (tertiary/aromatic N) is 2. The lowest BCUT2D eigenvalue weighted by atomic mass is 9.87. The van der Waals surface area contributed by atoms with E-state index in [0.29, 0.717) is 50.7 Å². The van der Waals surface area contributed by atoms with Crippen molar-refractivity contribution >= 4 is 28.8 Å². The summed E-state index contributed by atoms with van der Waals surface area (Å²) in [6, 6.07) is 27.5. The summed E-state index contributed by atoms with van der Waals surface area (Å²) in [5, 5.41) is 14.5. The van der Waals surface area contributed by atoms with Gasteiger partial charge in [-0.15, -0.1) is 0 Å². The normalized spacial score (nSPS) is 16.7. The molecule has 1 fully saturated rings. The molecule has 1 aromatic heterocycles. The van der Waals surface area contributed by atoms with E-state index in [1.54, 1.807) is 24.4 Å². The van der Waals surface area contributed by atoms with Crippen LogP contribution < -0.4 is 10.1 Å². The van der Waals surface area contributed by atoms with Crippen LogP contribution >= 0.6 is 0 Å². The summed E-state index contributed by atoms with van der Waals surface area (Å²) >= 11 is 0. The molecule has 1 saturated heterocycles. The summed E-state index contributed by atoms with van der Waals surface area (Å²) in [6.07, 6.45) is 0.967. The maximum absolute atomic E-state index is 11.9. The molecule has 0 spiro atoms. The number of fused-ring (bicyclic) bond motifs is 1. The molecule has 2 atom stereocenters. The third-order valence-electron chi connectivity index (χ3n) is 7.08. The molecule has 2 unspecified atom stereocenters. The lowest BCUT2D eigenvalue weighted by Crippen LogP contribution is -2.46. The van der Waals surface area contributed by atoms with Gasteiger partial charge in [-0.25, -0.2) is 14.6 Å². The van der Waals surface area contributed by atoms with Crippen LogP contribution in [0.15, 0.2) is 91.1 Å². The zero-order valence-electron chi connectivity index (χ0n) is 22.6. The molecule has 9 heteroatoms. The standard InChI is InChI=1S/C32H33N3O6/c36-31(34-30-11-3-4-15-33-30)40-18-6-17-39-27-10-5-9-26(20-27)28-14-16-35(32(37)38)21-29(28)41-22-23-12-13-24-7-1-2-8-25(24)19-23/h1-5,7-13,15,19-20,28-29H,6,14,16-18,21-22H2,(H,37,38)(H,33,34,36). The molecule has 212 valence electrons. The van der Waals surface area contributed by atoms with Crippen LogP contribution in [0.4, 0.5) is 15.4 Å². The quantitative estimate of drug-likeness (QED) is 0.221. The highest BCUT2D eigenvalue weighted by Gasteiger charge is 2.33. The average molecular weight is 556 g/mol. The monoisotopic (exact) mass is 555 g/mol. The van der Waals surface area contributed by atoms with E-state index in [1.807, 2.05) is 36.4 Å². The summed E-state index contributed by atoms with van der Waals surface area (Å²) in [4.78, 5) is 29.1. The maximum atomic E-state index is 11.9. The van der Waals surface area contributed by atoms with Gasteiger partial charge in [-0.3, -0.25) is 5.32 Å². The molecule has 2 N–H and O–H groups in total. The number of likely N-dealkylation sites (tertiary alicyclic amines) is 1. The molecule has 0 bridgehead atoms. The van der Waals surface area contributed by atoms with Gasteiger partial charge in [-0.2, -0.15) is 0 Å². The van der Waals surface area contributed by atoms with Gasteiger partial charge in [-0.05, 0) is 58.7 Å². The van der Waals surface area contributed by atoms with E-state index >= 15 is 0 Å². The van der Waals surface area contributed by atoms with E-state index in [0.717, 1.165) is 16.5 Å². The predicted molar refractivity (Wildman–Crippen MR) is 155 cm³/mol. The Hall–Kier alpha value is -4.63. The molecular weight excluding hydrogens is 522 g/mol. The van der Waals surface area contributed by atoms with E-state index in [9.17, 15) is 14.7 Å². The number of hydrogen-bond acceptors (Lipinski definition) is 6. The highest BCUT2D eigenvalue weighted by molar-refractivity contribution is 5.83. The average Bonchev–Trinajstić information content (AvgIpc) is 3.00. The second kappa shape index (κ2) is 13.6. The lowest BCUT2D eigenvalue weighted by Gasteiger charge is -2.37. The summed E-state index contributed by atoms with van der Waals surface area (Å²) in [6.45, 7) is 1.72. The van der Waals surface area contributed by atoms with E-state index in [2.05, 4.69) is 40.6 Å². The third-order valence-corrected chi connectivity index (χ3v) is 7.08. The number of amides is 2. The van der Waals surface area contributed by atoms with Crippen LogP contribution in [-0.4, -0.2) is 59.6 Å². The first-order valence-electron chi connectivity index (χ1n) is 13.7. The second-order valence-electron chi connectivity index (χ2n) is 9.91. The first-order valence-corrected chi connectivity index (χ1v) is 13.7. The minimum absolute atomic E-state index is 0.0215. The molecule has 41 heavy (non-hydrogen) atoms. The smallest absolute Gasteiger partial charge is 0.412 e. The number of anilines is 1. The van der Waals surface area contributed by atoms with Crippen LogP contribution in [0.1, 0.15) is 29.9 Å². The van der Waals surface area contributed by atoms with Gasteiger partial charge in [0.15, 0.2) is 0 Å². The molecule has 0 aliphatic carbocycles. The number of pyridine rings is 1. The number of carboxylic acid groups (broad SMARTS) is 1. The van der Waals surface area contributed by atoms with Crippen molar-refractivity contribution in [2.75, 3.05) is 31.6 Å². The Morgan fingerprint density at radius 1 is 0.951 bits per heavy atom. The summed E-state index contributed by atoms with van der Waals surface area (Å²) in [5.74, 6) is 1.15. The van der Waals surface area contributed by atoms with Crippen molar-refractivity contribution in [3.63, 3.8) is 0 Å². The first kappa shape index (κ1) is 27.9. The van der Waals surface area contributed by atoms with Crippen molar-refractivity contribution in [2.24, 2.45) is 0 Å². The molecule has 0 radical (unpaired) electrons. The van der Waals surface area contributed by atoms with Crippen molar-refractivity contribution < 1.29 is 28.9 Å². The van der Waals surface area contributed by atoms with Crippen LogP contribution in [0.25, 0.3) is 10.8 Å². The number of hydrogen-bond donors (Lipinski definition) is 2. The molecule has 2 heterocycles. The Kier molecular flexibility index (Phi) is 9.28. The molecule has 5 rings (SSSR count). The Bertz CT molecular complexity index is 1460. The zero-order chi connectivity index (χ0) is 28.4. The number of nitrogens with one attached hydrogen (secondary N) is 1. The van der Waals surface area contributed by atoms with E-state index in [-0.39, 0.29) is 18.6 Å². The number of piperidine rings is 1. The minimum atomic E-state index is -0.934. The molecule has 9 nitrogen and oxygen atoms in total. The number of ether oxygens (including phenoxy) is 3. The van der Waals surface area contributed by atoms with Gasteiger partial charge in [0.1, 0.15) is 11.6 Å². The van der Waals surface area contributed by atoms with Gasteiger partial charge in [0, 0.05) is 25.1 Å². The molecule has 4 aromatic rings. The molecule has 1 aliphatic rings. The predicted octanol–water partition coefficient (Wildman–Crippen LogP) is 6.31. The van der Waals surface area contributed by atoms with Crippen molar-refractivity contribution in [3.8, 4) is 5.75 Å². The van der Waals surface area contributed by atoms with Crippen LogP contribution in [0, 0.1) is 0 Å². The minimum Gasteiger partial charge on any atom is -0.493 e. The Morgan fingerprint density at radius 3 is 2.63 bits per heavy atom. The Labute approximate surface area is 238 Å². The largest absolute Gasteiger partial charge is 0.493 e. The number of aromatic nitrogens is 1. The molecule has 2 amide bonds. The second-order valence-corrected chi connectivity index (χ2v) is 9.91. The number of carbonyl (C=O) groups is 2. The van der Waals surface area contributed by atoms with Gasteiger partial charge in [0.2, 0.25) is 0 Å². The fourth-order valence-electron chi connectivity index (χ4n) is 5.00. The van der Waals surface area contributed by atoms with Crippen LogP contribution in [0.2, 0.25) is 0 Å². The van der Waals surface area contributed by atoms with Crippen molar-refractivity contribution in [2.45, 2.75) is 31.5 Å². The fourth-order valence-corrected chi connectivity index (χ4v) is 5.00. The fraction of sp³-hybridized carbons (Fsp3) is 0.281. The SMILES string of the molecule is O=C(Nc1ccccn1)OCCCOc1cccc(C2CCN(C(=O)O)CC2OCc2ccc3ccccc3c2)c1. The number of benzene rings is 3. The van der Waals surface area contributed by atoms with Gasteiger partial charge < -0.3 is 24.2 Å². The zero-order valence-corrected chi connectivity index (χ0v) is 22.6. The van der Waals surface area contributed by atoms with Crippen LogP contribution in [0.3, 0.4) is 0 Å². The van der Waals surface area contributed by atoms with Crippen LogP contribution in [-0.2, 0) is 16.1 Å². The topological polar surface area (TPSA) is 110 Å². The Morgan fingerprint density at radius 2 is 1.80 bits per heavy atom. The van der Waals surface area contributed by atoms with E-state index in [1.165, 1.54) is 10.3 Å². The third kappa shape index (κ3) is 7.73.